The van der Waals surface area contributed by atoms with Crippen LogP contribution in [0.5, 0.6) is 0 Å². The fourth-order valence-corrected chi connectivity index (χ4v) is 2.26. The van der Waals surface area contributed by atoms with E-state index < -0.39 is 5.41 Å². The van der Waals surface area contributed by atoms with Crippen LogP contribution in [0.1, 0.15) is 25.8 Å². The van der Waals surface area contributed by atoms with Gasteiger partial charge in [-0.15, -0.1) is 0 Å². The molecule has 0 saturated carbocycles. The largest absolute Gasteiger partial charge is 0.361 e. The first kappa shape index (κ1) is 14.6. The minimum absolute atomic E-state index is 0.0438. The number of amides is 1. The first-order valence-electron chi connectivity index (χ1n) is 7.14. The molecule has 0 aliphatic carbocycles. The van der Waals surface area contributed by atoms with E-state index >= 15 is 0 Å². The number of H-pyrrole nitrogens is 1. The molecular weight excluding hydrogens is 250 g/mol. The van der Waals surface area contributed by atoms with Crippen LogP contribution >= 0.6 is 0 Å². The molecule has 0 aliphatic rings. The third kappa shape index (κ3) is 2.85. The maximum atomic E-state index is 12.1. The third-order valence-electron chi connectivity index (χ3n) is 4.13. The van der Waals surface area contributed by atoms with Gasteiger partial charge in [-0.25, -0.2) is 0 Å². The van der Waals surface area contributed by atoms with E-state index in [4.69, 9.17) is 5.73 Å². The molecule has 1 amide bonds. The van der Waals surface area contributed by atoms with Gasteiger partial charge in [0.05, 0.1) is 5.41 Å². The third-order valence-corrected chi connectivity index (χ3v) is 4.13. The average molecular weight is 273 g/mol. The number of aromatic amines is 1. The van der Waals surface area contributed by atoms with Crippen LogP contribution < -0.4 is 11.1 Å². The molecule has 2 aromatic rings. The fourth-order valence-electron chi connectivity index (χ4n) is 2.26. The Morgan fingerprint density at radius 3 is 2.85 bits per heavy atom. The molecular formula is C16H23N3O. The van der Waals surface area contributed by atoms with Crippen LogP contribution in [-0.2, 0) is 11.2 Å². The van der Waals surface area contributed by atoms with Crippen LogP contribution in [0.25, 0.3) is 10.9 Å². The van der Waals surface area contributed by atoms with E-state index in [0.29, 0.717) is 13.1 Å². The second kappa shape index (κ2) is 6.09. The number of benzene rings is 1. The Hall–Kier alpha value is -1.81. The van der Waals surface area contributed by atoms with Gasteiger partial charge in [0.1, 0.15) is 0 Å². The summed E-state index contributed by atoms with van der Waals surface area (Å²) in [5.74, 6) is 0.0438. The summed E-state index contributed by atoms with van der Waals surface area (Å²) >= 11 is 0. The van der Waals surface area contributed by atoms with Crippen molar-refractivity contribution in [2.75, 3.05) is 13.1 Å². The summed E-state index contributed by atoms with van der Waals surface area (Å²) in [5, 5.41) is 4.22. The lowest BCUT2D eigenvalue weighted by atomic mass is 9.86. The lowest BCUT2D eigenvalue weighted by Crippen LogP contribution is -2.44. The molecule has 0 spiro atoms. The highest BCUT2D eigenvalue weighted by Crippen LogP contribution is 2.20. The number of hydrogen-bond acceptors (Lipinski definition) is 2. The van der Waals surface area contributed by atoms with E-state index in [1.54, 1.807) is 0 Å². The van der Waals surface area contributed by atoms with Crippen molar-refractivity contribution in [3.05, 3.63) is 36.0 Å². The molecule has 0 radical (unpaired) electrons. The standard InChI is InChI=1S/C16H23N3O/c1-3-16(2,11-17)15(20)18-9-8-12-10-19-14-7-5-4-6-13(12)14/h4-7,10,19H,3,8-9,11,17H2,1-2H3,(H,18,20). The highest BCUT2D eigenvalue weighted by atomic mass is 16.2. The maximum absolute atomic E-state index is 12.1. The molecule has 0 saturated heterocycles. The van der Waals surface area contributed by atoms with Crippen LogP contribution in [-0.4, -0.2) is 24.0 Å². The van der Waals surface area contributed by atoms with E-state index in [1.807, 2.05) is 32.2 Å². The summed E-state index contributed by atoms with van der Waals surface area (Å²) in [6, 6.07) is 8.19. The zero-order valence-electron chi connectivity index (χ0n) is 12.2. The Kier molecular flexibility index (Phi) is 4.45. The predicted molar refractivity (Wildman–Crippen MR) is 82.5 cm³/mol. The monoisotopic (exact) mass is 273 g/mol. The van der Waals surface area contributed by atoms with Crippen molar-refractivity contribution in [3.63, 3.8) is 0 Å². The minimum Gasteiger partial charge on any atom is -0.361 e. The second-order valence-electron chi connectivity index (χ2n) is 5.48. The van der Waals surface area contributed by atoms with Crippen molar-refractivity contribution < 1.29 is 4.79 Å². The van der Waals surface area contributed by atoms with Gasteiger partial charge in [0.15, 0.2) is 0 Å². The van der Waals surface area contributed by atoms with Crippen molar-refractivity contribution in [2.24, 2.45) is 11.1 Å². The number of fused-ring (bicyclic) bond motifs is 1. The summed E-state index contributed by atoms with van der Waals surface area (Å²) in [4.78, 5) is 15.4. The number of nitrogens with one attached hydrogen (secondary N) is 2. The number of carbonyl (C=O) groups excluding carboxylic acids is 1. The zero-order valence-corrected chi connectivity index (χ0v) is 12.2. The number of hydrogen-bond donors (Lipinski definition) is 3. The normalized spacial score (nSPS) is 14.2. The summed E-state index contributed by atoms with van der Waals surface area (Å²) in [6.45, 7) is 4.92. The zero-order chi connectivity index (χ0) is 14.6. The van der Waals surface area contributed by atoms with Crippen LogP contribution in [0.15, 0.2) is 30.5 Å². The van der Waals surface area contributed by atoms with Gasteiger partial charge >= 0.3 is 0 Å². The lowest BCUT2D eigenvalue weighted by Gasteiger charge is -2.24. The minimum atomic E-state index is -0.458. The smallest absolute Gasteiger partial charge is 0.227 e. The van der Waals surface area contributed by atoms with Crippen LogP contribution in [0.4, 0.5) is 0 Å². The molecule has 1 atom stereocenters. The van der Waals surface area contributed by atoms with Gasteiger partial charge in [-0.1, -0.05) is 25.1 Å². The van der Waals surface area contributed by atoms with E-state index in [1.165, 1.54) is 10.9 Å². The molecule has 1 heterocycles. The van der Waals surface area contributed by atoms with E-state index in [2.05, 4.69) is 22.4 Å². The molecule has 2 rings (SSSR count). The second-order valence-corrected chi connectivity index (χ2v) is 5.48. The Bertz CT molecular complexity index is 584. The van der Waals surface area contributed by atoms with Crippen LogP contribution in [0, 0.1) is 5.41 Å². The number of rotatable bonds is 6. The predicted octanol–water partition coefficient (Wildman–Crippen LogP) is 2.20. The number of para-hydroxylation sites is 1. The van der Waals surface area contributed by atoms with Gasteiger partial charge in [-0.3, -0.25) is 4.79 Å². The molecule has 1 aromatic carbocycles. The first-order chi connectivity index (χ1) is 9.60. The van der Waals surface area contributed by atoms with Gasteiger partial charge < -0.3 is 16.0 Å². The summed E-state index contributed by atoms with van der Waals surface area (Å²) in [5.41, 5.74) is 7.60. The molecule has 1 aromatic heterocycles. The molecule has 0 bridgehead atoms. The Labute approximate surface area is 119 Å². The van der Waals surface area contributed by atoms with Crippen molar-refractivity contribution in [2.45, 2.75) is 26.7 Å². The van der Waals surface area contributed by atoms with E-state index in [9.17, 15) is 4.79 Å². The summed E-state index contributed by atoms with van der Waals surface area (Å²) in [7, 11) is 0. The molecule has 4 nitrogen and oxygen atoms in total. The van der Waals surface area contributed by atoms with Gasteiger partial charge in [-0.05, 0) is 31.4 Å². The topological polar surface area (TPSA) is 70.9 Å². The molecule has 4 heteroatoms. The number of nitrogens with two attached hydrogens (primary N) is 1. The Morgan fingerprint density at radius 1 is 1.40 bits per heavy atom. The van der Waals surface area contributed by atoms with Crippen molar-refractivity contribution >= 4 is 16.8 Å². The summed E-state index contributed by atoms with van der Waals surface area (Å²) < 4.78 is 0. The first-order valence-corrected chi connectivity index (χ1v) is 7.14. The SMILES string of the molecule is CCC(C)(CN)C(=O)NCCc1c[nH]c2ccccc12. The van der Waals surface area contributed by atoms with E-state index in [-0.39, 0.29) is 5.91 Å². The number of carbonyl (C=O) groups is 1. The quantitative estimate of drug-likeness (QED) is 0.755. The van der Waals surface area contributed by atoms with Gasteiger partial charge in [-0.2, -0.15) is 0 Å². The number of aromatic nitrogens is 1. The van der Waals surface area contributed by atoms with Gasteiger partial charge in [0, 0.05) is 30.2 Å². The lowest BCUT2D eigenvalue weighted by molar-refractivity contribution is -0.129. The molecule has 1 unspecified atom stereocenters. The van der Waals surface area contributed by atoms with Crippen molar-refractivity contribution in [1.82, 2.24) is 10.3 Å². The van der Waals surface area contributed by atoms with Crippen LogP contribution in [0.2, 0.25) is 0 Å². The van der Waals surface area contributed by atoms with Crippen LogP contribution in [0.3, 0.4) is 0 Å². The molecule has 0 fully saturated rings. The van der Waals surface area contributed by atoms with Crippen molar-refractivity contribution in [1.29, 1.82) is 0 Å². The van der Waals surface area contributed by atoms with E-state index in [0.717, 1.165) is 18.4 Å². The van der Waals surface area contributed by atoms with Gasteiger partial charge in [0.2, 0.25) is 5.91 Å². The van der Waals surface area contributed by atoms with Gasteiger partial charge in [0.25, 0.3) is 0 Å². The molecule has 108 valence electrons. The Balaban J connectivity index is 1.95. The average Bonchev–Trinajstić information content (AvgIpc) is 2.90. The molecule has 0 aliphatic heterocycles. The van der Waals surface area contributed by atoms with Crippen molar-refractivity contribution in [3.8, 4) is 0 Å². The molecule has 4 N–H and O–H groups in total. The summed E-state index contributed by atoms with van der Waals surface area (Å²) in [6.07, 6.45) is 3.58. The fraction of sp³-hybridized carbons (Fsp3) is 0.438. The highest BCUT2D eigenvalue weighted by molar-refractivity contribution is 5.84. The Morgan fingerprint density at radius 2 is 2.15 bits per heavy atom. The molecule has 20 heavy (non-hydrogen) atoms. The maximum Gasteiger partial charge on any atom is 0.227 e. The highest BCUT2D eigenvalue weighted by Gasteiger charge is 2.29.